The van der Waals surface area contributed by atoms with Crippen molar-refractivity contribution in [3.05, 3.63) is 34.9 Å². The van der Waals surface area contributed by atoms with E-state index in [-0.39, 0.29) is 6.54 Å². The van der Waals surface area contributed by atoms with Crippen LogP contribution in [0.3, 0.4) is 0 Å². The predicted molar refractivity (Wildman–Crippen MR) is 72.8 cm³/mol. The van der Waals surface area contributed by atoms with Crippen LogP contribution < -0.4 is 11.1 Å². The number of amides is 1. The number of carboxylic acids is 1. The summed E-state index contributed by atoms with van der Waals surface area (Å²) in [6.45, 7) is 3.41. The molecular formula is C13H17ClN2O3. The molecule has 0 bridgehead atoms. The van der Waals surface area contributed by atoms with Crippen molar-refractivity contribution in [2.75, 3.05) is 6.54 Å². The summed E-state index contributed by atoms with van der Waals surface area (Å²) >= 11 is 5.96. The molecule has 1 amide bonds. The summed E-state index contributed by atoms with van der Waals surface area (Å²) in [5.74, 6) is -1.60. The number of hydrogen-bond acceptors (Lipinski definition) is 3. The van der Waals surface area contributed by atoms with Crippen LogP contribution in [0.5, 0.6) is 0 Å². The second-order valence-electron chi connectivity index (χ2n) is 4.85. The fourth-order valence-electron chi connectivity index (χ4n) is 1.40. The topological polar surface area (TPSA) is 92.4 Å². The summed E-state index contributed by atoms with van der Waals surface area (Å²) in [5, 5.41) is 12.0. The minimum atomic E-state index is -1.19. The number of carbonyl (C=O) groups is 2. The number of carboxylic acid groups (broad SMARTS) is 1. The van der Waals surface area contributed by atoms with Crippen LogP contribution in [0.25, 0.3) is 0 Å². The first-order chi connectivity index (χ1) is 8.79. The smallest absolute Gasteiger partial charge is 0.330 e. The van der Waals surface area contributed by atoms with Crippen molar-refractivity contribution in [3.63, 3.8) is 0 Å². The molecular weight excluding hydrogens is 268 g/mol. The Kier molecular flexibility index (Phi) is 4.91. The second kappa shape index (κ2) is 6.04. The van der Waals surface area contributed by atoms with Gasteiger partial charge in [0.05, 0.1) is 5.41 Å². The lowest BCUT2D eigenvalue weighted by molar-refractivity contribution is -0.143. The molecule has 0 aliphatic heterocycles. The highest BCUT2D eigenvalue weighted by molar-refractivity contribution is 6.31. The van der Waals surface area contributed by atoms with Gasteiger partial charge in [0.25, 0.3) is 0 Å². The van der Waals surface area contributed by atoms with Gasteiger partial charge in [-0.2, -0.15) is 0 Å². The highest BCUT2D eigenvalue weighted by atomic mass is 35.5. The van der Waals surface area contributed by atoms with Crippen LogP contribution in [-0.2, 0) is 9.59 Å². The van der Waals surface area contributed by atoms with Crippen molar-refractivity contribution in [1.29, 1.82) is 0 Å². The Bertz CT molecular complexity index is 489. The van der Waals surface area contributed by atoms with Crippen LogP contribution in [-0.4, -0.2) is 23.5 Å². The maximum absolute atomic E-state index is 12.0. The normalized spacial score (nSPS) is 12.8. The molecule has 1 aromatic rings. The molecule has 19 heavy (non-hydrogen) atoms. The molecule has 0 unspecified atom stereocenters. The number of nitrogens with two attached hydrogens (primary N) is 1. The van der Waals surface area contributed by atoms with E-state index in [9.17, 15) is 14.7 Å². The molecule has 1 atom stereocenters. The van der Waals surface area contributed by atoms with Crippen molar-refractivity contribution in [2.24, 2.45) is 11.1 Å². The lowest BCUT2D eigenvalue weighted by Crippen LogP contribution is -2.45. The van der Waals surface area contributed by atoms with E-state index in [1.807, 2.05) is 0 Å². The van der Waals surface area contributed by atoms with E-state index in [0.717, 1.165) is 0 Å². The summed E-state index contributed by atoms with van der Waals surface area (Å²) in [5.41, 5.74) is 5.00. The number of carbonyl (C=O) groups excluding carboxylic acids is 1. The van der Waals surface area contributed by atoms with Gasteiger partial charge in [-0.3, -0.25) is 4.79 Å². The summed E-state index contributed by atoms with van der Waals surface area (Å²) in [6, 6.07) is 5.31. The van der Waals surface area contributed by atoms with Crippen LogP contribution in [0.2, 0.25) is 5.02 Å². The SMILES string of the molecule is CC(C)(CN)C(=O)N[C@@H](C(=O)O)c1ccccc1Cl. The number of rotatable bonds is 5. The van der Waals surface area contributed by atoms with Crippen LogP contribution in [0, 0.1) is 5.41 Å². The van der Waals surface area contributed by atoms with Crippen molar-refractivity contribution in [1.82, 2.24) is 5.32 Å². The maximum atomic E-state index is 12.0. The number of benzene rings is 1. The van der Waals surface area contributed by atoms with Crippen LogP contribution in [0.1, 0.15) is 25.5 Å². The first-order valence-corrected chi connectivity index (χ1v) is 6.15. The van der Waals surface area contributed by atoms with E-state index in [1.54, 1.807) is 38.1 Å². The van der Waals surface area contributed by atoms with Gasteiger partial charge < -0.3 is 16.2 Å². The second-order valence-corrected chi connectivity index (χ2v) is 5.26. The molecule has 0 aliphatic carbocycles. The highest BCUT2D eigenvalue weighted by Gasteiger charge is 2.31. The van der Waals surface area contributed by atoms with Crippen LogP contribution in [0.15, 0.2) is 24.3 Å². The Morgan fingerprint density at radius 2 is 2.00 bits per heavy atom. The van der Waals surface area contributed by atoms with E-state index in [4.69, 9.17) is 17.3 Å². The Morgan fingerprint density at radius 1 is 1.42 bits per heavy atom. The molecule has 0 saturated carbocycles. The summed E-state index contributed by atoms with van der Waals surface area (Å²) in [7, 11) is 0. The van der Waals surface area contributed by atoms with E-state index in [1.165, 1.54) is 0 Å². The van der Waals surface area contributed by atoms with Gasteiger partial charge in [0.15, 0.2) is 6.04 Å². The lowest BCUT2D eigenvalue weighted by Gasteiger charge is -2.24. The van der Waals surface area contributed by atoms with Gasteiger partial charge in [-0.05, 0) is 19.9 Å². The van der Waals surface area contributed by atoms with Crippen molar-refractivity contribution < 1.29 is 14.7 Å². The number of hydrogen-bond donors (Lipinski definition) is 3. The Morgan fingerprint density at radius 3 is 2.47 bits per heavy atom. The van der Waals surface area contributed by atoms with Crippen molar-refractivity contribution in [3.8, 4) is 0 Å². The van der Waals surface area contributed by atoms with Gasteiger partial charge in [0.2, 0.25) is 5.91 Å². The van der Waals surface area contributed by atoms with E-state index >= 15 is 0 Å². The zero-order valence-electron chi connectivity index (χ0n) is 10.8. The van der Waals surface area contributed by atoms with E-state index < -0.39 is 23.3 Å². The molecule has 0 radical (unpaired) electrons. The number of halogens is 1. The third-order valence-corrected chi connectivity index (χ3v) is 3.21. The first kappa shape index (κ1) is 15.5. The Balaban J connectivity index is 3.02. The molecule has 0 spiro atoms. The molecule has 0 saturated heterocycles. The van der Waals surface area contributed by atoms with E-state index in [0.29, 0.717) is 10.6 Å². The molecule has 1 aromatic carbocycles. The van der Waals surface area contributed by atoms with Crippen LogP contribution in [0.4, 0.5) is 0 Å². The molecule has 1 rings (SSSR count). The summed E-state index contributed by atoms with van der Waals surface area (Å²) < 4.78 is 0. The fourth-order valence-corrected chi connectivity index (χ4v) is 1.65. The fraction of sp³-hybridized carbons (Fsp3) is 0.385. The zero-order chi connectivity index (χ0) is 14.6. The van der Waals surface area contributed by atoms with Gasteiger partial charge in [0.1, 0.15) is 0 Å². The lowest BCUT2D eigenvalue weighted by atomic mass is 9.92. The summed E-state index contributed by atoms with van der Waals surface area (Å²) in [6.07, 6.45) is 0. The van der Waals surface area contributed by atoms with Crippen molar-refractivity contribution in [2.45, 2.75) is 19.9 Å². The third kappa shape index (κ3) is 3.68. The van der Waals surface area contributed by atoms with E-state index in [2.05, 4.69) is 5.32 Å². The number of nitrogens with one attached hydrogen (secondary N) is 1. The minimum Gasteiger partial charge on any atom is -0.479 e. The van der Waals surface area contributed by atoms with Gasteiger partial charge in [-0.25, -0.2) is 4.79 Å². The maximum Gasteiger partial charge on any atom is 0.330 e. The molecule has 6 heteroatoms. The average Bonchev–Trinajstić information content (AvgIpc) is 2.36. The van der Waals surface area contributed by atoms with Gasteiger partial charge in [-0.15, -0.1) is 0 Å². The monoisotopic (exact) mass is 284 g/mol. The molecule has 0 heterocycles. The molecule has 4 N–H and O–H groups in total. The summed E-state index contributed by atoms with van der Waals surface area (Å²) in [4.78, 5) is 23.3. The standard InChI is InChI=1S/C13H17ClN2O3/c1-13(2,7-15)12(19)16-10(11(17)18)8-5-3-4-6-9(8)14/h3-6,10H,7,15H2,1-2H3,(H,16,19)(H,17,18)/t10-/m1/s1. The van der Waals surface area contributed by atoms with Gasteiger partial charge >= 0.3 is 5.97 Å². The average molecular weight is 285 g/mol. The Labute approximate surface area is 116 Å². The number of aliphatic carboxylic acids is 1. The molecule has 0 aromatic heterocycles. The molecule has 104 valence electrons. The molecule has 0 aliphatic rings. The quantitative estimate of drug-likeness (QED) is 0.765. The Hall–Kier alpha value is -1.59. The third-order valence-electron chi connectivity index (χ3n) is 2.86. The molecule has 0 fully saturated rings. The van der Waals surface area contributed by atoms with Crippen molar-refractivity contribution >= 4 is 23.5 Å². The largest absolute Gasteiger partial charge is 0.479 e. The minimum absolute atomic E-state index is 0.119. The first-order valence-electron chi connectivity index (χ1n) is 5.78. The highest BCUT2D eigenvalue weighted by Crippen LogP contribution is 2.24. The zero-order valence-corrected chi connectivity index (χ0v) is 11.6. The molecule has 5 nitrogen and oxygen atoms in total. The predicted octanol–water partition coefficient (Wildman–Crippen LogP) is 1.57. The van der Waals surface area contributed by atoms with Crippen LogP contribution >= 0.6 is 11.6 Å². The van der Waals surface area contributed by atoms with Gasteiger partial charge in [0, 0.05) is 17.1 Å². The van der Waals surface area contributed by atoms with Gasteiger partial charge in [-0.1, -0.05) is 29.8 Å².